The molecule has 0 aliphatic heterocycles. The summed E-state index contributed by atoms with van der Waals surface area (Å²) in [5.41, 5.74) is 1.05. The average Bonchev–Trinajstić information content (AvgIpc) is 2.46. The molecular formula is C17H21Cl3. The first-order valence-corrected chi connectivity index (χ1v) is 8.93. The smallest absolute Gasteiger partial charge is 0.0628 e. The Morgan fingerprint density at radius 2 is 1.70 bits per heavy atom. The minimum Gasteiger partial charge on any atom is -0.117 e. The zero-order valence-electron chi connectivity index (χ0n) is 11.6. The van der Waals surface area contributed by atoms with E-state index in [1.807, 2.05) is 12.1 Å². The molecule has 110 valence electrons. The van der Waals surface area contributed by atoms with Crippen molar-refractivity contribution in [2.45, 2.75) is 50.3 Å². The van der Waals surface area contributed by atoms with Crippen LogP contribution in [0.2, 0.25) is 10.0 Å². The summed E-state index contributed by atoms with van der Waals surface area (Å²) in [6.07, 6.45) is 9.54. The van der Waals surface area contributed by atoms with E-state index in [9.17, 15) is 0 Å². The lowest BCUT2D eigenvalue weighted by Gasteiger charge is -2.40. The molecule has 4 atom stereocenters. The number of fused-ring (bicyclic) bond motifs is 1. The van der Waals surface area contributed by atoms with Gasteiger partial charge in [0.05, 0.1) is 5.38 Å². The molecule has 3 heteroatoms. The highest BCUT2D eigenvalue weighted by molar-refractivity contribution is 6.35. The van der Waals surface area contributed by atoms with E-state index in [4.69, 9.17) is 34.8 Å². The summed E-state index contributed by atoms with van der Waals surface area (Å²) in [7, 11) is 0. The van der Waals surface area contributed by atoms with Crippen molar-refractivity contribution in [2.24, 2.45) is 17.8 Å². The normalized spacial score (nSPS) is 31.6. The highest BCUT2D eigenvalue weighted by Gasteiger charge is 2.35. The first-order chi connectivity index (χ1) is 9.65. The van der Waals surface area contributed by atoms with Gasteiger partial charge in [-0.3, -0.25) is 0 Å². The molecule has 0 spiro atoms. The number of alkyl halides is 1. The predicted octanol–water partition coefficient (Wildman–Crippen LogP) is 6.88. The predicted molar refractivity (Wildman–Crippen MR) is 87.8 cm³/mol. The fraction of sp³-hybridized carbons (Fsp3) is 0.647. The van der Waals surface area contributed by atoms with Gasteiger partial charge in [-0.2, -0.15) is 0 Å². The molecule has 0 bridgehead atoms. The van der Waals surface area contributed by atoms with Crippen LogP contribution in [0.5, 0.6) is 0 Å². The van der Waals surface area contributed by atoms with Crippen molar-refractivity contribution in [3.63, 3.8) is 0 Å². The minimum atomic E-state index is 0.0302. The van der Waals surface area contributed by atoms with Gasteiger partial charge in [0.2, 0.25) is 0 Å². The van der Waals surface area contributed by atoms with Gasteiger partial charge in [-0.1, -0.05) is 55.0 Å². The summed E-state index contributed by atoms with van der Waals surface area (Å²) >= 11 is 19.0. The SMILES string of the molecule is Clc1ccc(C(Cl)C2CCC3CCCCC3C2)c(Cl)c1. The van der Waals surface area contributed by atoms with E-state index < -0.39 is 0 Å². The van der Waals surface area contributed by atoms with Gasteiger partial charge in [0.1, 0.15) is 0 Å². The van der Waals surface area contributed by atoms with Crippen LogP contribution in [0.25, 0.3) is 0 Å². The Balaban J connectivity index is 1.72. The van der Waals surface area contributed by atoms with Gasteiger partial charge < -0.3 is 0 Å². The van der Waals surface area contributed by atoms with Crippen LogP contribution in [0.4, 0.5) is 0 Å². The number of hydrogen-bond donors (Lipinski definition) is 0. The van der Waals surface area contributed by atoms with Crippen LogP contribution < -0.4 is 0 Å². The second-order valence-corrected chi connectivity index (χ2v) is 7.76. The van der Waals surface area contributed by atoms with E-state index in [1.54, 1.807) is 6.07 Å². The molecule has 0 amide bonds. The molecule has 0 saturated heterocycles. The molecule has 2 aliphatic carbocycles. The third-order valence-corrected chi connectivity index (χ3v) is 6.41. The van der Waals surface area contributed by atoms with Gasteiger partial charge in [0.15, 0.2) is 0 Å². The maximum Gasteiger partial charge on any atom is 0.0628 e. The van der Waals surface area contributed by atoms with Gasteiger partial charge >= 0.3 is 0 Å². The third-order valence-electron chi connectivity index (χ3n) is 5.25. The minimum absolute atomic E-state index is 0.0302. The standard InChI is InChI=1S/C17H21Cl3/c18-14-7-8-15(16(19)10-14)17(20)13-6-5-11-3-1-2-4-12(11)9-13/h7-8,10-13,17H,1-6,9H2. The van der Waals surface area contributed by atoms with Crippen molar-refractivity contribution in [2.75, 3.05) is 0 Å². The van der Waals surface area contributed by atoms with Gasteiger partial charge in [0.25, 0.3) is 0 Å². The van der Waals surface area contributed by atoms with Gasteiger partial charge in [-0.15, -0.1) is 11.6 Å². The van der Waals surface area contributed by atoms with Gasteiger partial charge in [0, 0.05) is 10.0 Å². The molecule has 4 unspecified atom stereocenters. The lowest BCUT2D eigenvalue weighted by molar-refractivity contribution is 0.127. The second-order valence-electron chi connectivity index (χ2n) is 6.45. The molecule has 1 aromatic carbocycles. The molecule has 3 rings (SSSR count). The van der Waals surface area contributed by atoms with E-state index >= 15 is 0 Å². The molecule has 2 fully saturated rings. The summed E-state index contributed by atoms with van der Waals surface area (Å²) in [6, 6.07) is 5.69. The first kappa shape index (κ1) is 15.0. The van der Waals surface area contributed by atoms with Crippen molar-refractivity contribution in [1.29, 1.82) is 0 Å². The molecule has 0 nitrogen and oxygen atoms in total. The van der Waals surface area contributed by atoms with E-state index in [1.165, 1.54) is 44.9 Å². The van der Waals surface area contributed by atoms with E-state index in [0.29, 0.717) is 16.0 Å². The monoisotopic (exact) mass is 330 g/mol. The lowest BCUT2D eigenvalue weighted by Crippen LogP contribution is -2.29. The summed E-state index contributed by atoms with van der Waals surface area (Å²) in [4.78, 5) is 0. The number of rotatable bonds is 2. The Morgan fingerprint density at radius 3 is 2.45 bits per heavy atom. The number of hydrogen-bond acceptors (Lipinski definition) is 0. The quantitative estimate of drug-likeness (QED) is 0.518. The van der Waals surface area contributed by atoms with E-state index in [2.05, 4.69) is 0 Å². The Hall–Kier alpha value is 0.0900. The zero-order valence-corrected chi connectivity index (χ0v) is 13.9. The summed E-state index contributed by atoms with van der Waals surface area (Å²) in [5.74, 6) is 2.43. The maximum absolute atomic E-state index is 6.75. The zero-order chi connectivity index (χ0) is 14.1. The highest BCUT2D eigenvalue weighted by atomic mass is 35.5. The lowest BCUT2D eigenvalue weighted by atomic mass is 9.66. The summed E-state index contributed by atoms with van der Waals surface area (Å²) in [5, 5.41) is 1.42. The van der Waals surface area contributed by atoms with Crippen molar-refractivity contribution < 1.29 is 0 Å². The molecule has 0 radical (unpaired) electrons. The molecule has 0 heterocycles. The Bertz CT molecular complexity index is 471. The maximum atomic E-state index is 6.75. The summed E-state index contributed by atoms with van der Waals surface area (Å²) < 4.78 is 0. The van der Waals surface area contributed by atoms with Crippen LogP contribution >= 0.6 is 34.8 Å². The molecule has 0 aromatic heterocycles. The fourth-order valence-electron chi connectivity index (χ4n) is 4.15. The Labute approximate surface area is 136 Å². The van der Waals surface area contributed by atoms with Crippen LogP contribution in [0.1, 0.15) is 55.9 Å². The Kier molecular flexibility index (Phi) is 4.85. The van der Waals surface area contributed by atoms with Gasteiger partial charge in [-0.05, 0) is 54.7 Å². The number of halogens is 3. The van der Waals surface area contributed by atoms with Crippen LogP contribution in [0, 0.1) is 17.8 Å². The molecule has 2 aliphatic rings. The van der Waals surface area contributed by atoms with Crippen molar-refractivity contribution >= 4 is 34.8 Å². The molecular weight excluding hydrogens is 311 g/mol. The van der Waals surface area contributed by atoms with Crippen LogP contribution in [-0.4, -0.2) is 0 Å². The molecule has 0 N–H and O–H groups in total. The fourth-order valence-corrected chi connectivity index (χ4v) is 5.16. The molecule has 20 heavy (non-hydrogen) atoms. The number of benzene rings is 1. The summed E-state index contributed by atoms with van der Waals surface area (Å²) in [6.45, 7) is 0. The second kappa shape index (κ2) is 6.46. The van der Waals surface area contributed by atoms with E-state index in [0.717, 1.165) is 17.4 Å². The van der Waals surface area contributed by atoms with Crippen molar-refractivity contribution in [3.05, 3.63) is 33.8 Å². The first-order valence-electron chi connectivity index (χ1n) is 7.74. The van der Waals surface area contributed by atoms with Crippen LogP contribution in [-0.2, 0) is 0 Å². The van der Waals surface area contributed by atoms with Gasteiger partial charge in [-0.25, -0.2) is 0 Å². The topological polar surface area (TPSA) is 0 Å². The van der Waals surface area contributed by atoms with Crippen LogP contribution in [0.15, 0.2) is 18.2 Å². The van der Waals surface area contributed by atoms with Crippen LogP contribution in [0.3, 0.4) is 0 Å². The van der Waals surface area contributed by atoms with Crippen molar-refractivity contribution in [3.8, 4) is 0 Å². The van der Waals surface area contributed by atoms with E-state index in [-0.39, 0.29) is 5.38 Å². The average molecular weight is 332 g/mol. The van der Waals surface area contributed by atoms with Crippen molar-refractivity contribution in [1.82, 2.24) is 0 Å². The largest absolute Gasteiger partial charge is 0.117 e. The Morgan fingerprint density at radius 1 is 0.950 bits per heavy atom. The highest BCUT2D eigenvalue weighted by Crippen LogP contribution is 2.48. The third kappa shape index (κ3) is 3.13. The molecule has 2 saturated carbocycles. The molecule has 1 aromatic rings.